The van der Waals surface area contributed by atoms with Gasteiger partial charge < -0.3 is 5.32 Å². The van der Waals surface area contributed by atoms with Crippen LogP contribution < -0.4 is 5.32 Å². The Hall–Kier alpha value is -2.27. The number of nitrogens with zero attached hydrogens (tertiary/aromatic N) is 3. The minimum absolute atomic E-state index is 0.250. The van der Waals surface area contributed by atoms with Crippen LogP contribution in [0.4, 0.5) is 4.39 Å². The maximum Gasteiger partial charge on any atom is 0.199 e. The van der Waals surface area contributed by atoms with Crippen LogP contribution in [0.25, 0.3) is 5.65 Å². The van der Waals surface area contributed by atoms with Crippen molar-refractivity contribution in [2.45, 2.75) is 31.8 Å². The monoisotopic (exact) mass is 296 g/mol. The quantitative estimate of drug-likeness (QED) is 0.755. The number of pyridine rings is 2. The van der Waals surface area contributed by atoms with Crippen LogP contribution in [0.5, 0.6) is 0 Å². The first-order valence-corrected chi connectivity index (χ1v) is 7.61. The van der Waals surface area contributed by atoms with Gasteiger partial charge in [0.25, 0.3) is 0 Å². The van der Waals surface area contributed by atoms with Crippen LogP contribution in [0.3, 0.4) is 0 Å². The average Bonchev–Trinajstić information content (AvgIpc) is 2.97. The van der Waals surface area contributed by atoms with Gasteiger partial charge in [0.15, 0.2) is 5.95 Å². The molecule has 3 aromatic rings. The van der Waals surface area contributed by atoms with E-state index in [0.29, 0.717) is 12.2 Å². The van der Waals surface area contributed by atoms with E-state index in [0.717, 1.165) is 30.7 Å². The molecule has 0 spiro atoms. The second-order valence-electron chi connectivity index (χ2n) is 5.68. The minimum Gasteiger partial charge on any atom is -0.303 e. The lowest BCUT2D eigenvalue weighted by molar-refractivity contribution is 0.445. The molecule has 0 aromatic carbocycles. The van der Waals surface area contributed by atoms with Crippen molar-refractivity contribution in [3.8, 4) is 0 Å². The maximum absolute atomic E-state index is 13.7. The summed E-state index contributed by atoms with van der Waals surface area (Å²) >= 11 is 0. The van der Waals surface area contributed by atoms with Crippen molar-refractivity contribution >= 4 is 5.65 Å². The van der Waals surface area contributed by atoms with Crippen molar-refractivity contribution in [1.82, 2.24) is 19.7 Å². The zero-order chi connectivity index (χ0) is 14.9. The number of nitrogens with one attached hydrogen (secondary N) is 1. The Morgan fingerprint density at radius 3 is 3.14 bits per heavy atom. The van der Waals surface area contributed by atoms with Gasteiger partial charge >= 0.3 is 0 Å². The van der Waals surface area contributed by atoms with E-state index in [9.17, 15) is 4.39 Å². The molecule has 0 saturated carbocycles. The molecule has 3 aromatic heterocycles. The van der Waals surface area contributed by atoms with E-state index in [1.54, 1.807) is 12.3 Å². The molecule has 1 atom stereocenters. The molecule has 0 unspecified atom stereocenters. The SMILES string of the molecule is Fc1cccc2nc(CN[C@H]3CCCc4cccnc43)cn12. The Labute approximate surface area is 128 Å². The first-order valence-electron chi connectivity index (χ1n) is 7.61. The molecule has 4 rings (SSSR count). The third-order valence-corrected chi connectivity index (χ3v) is 4.22. The highest BCUT2D eigenvalue weighted by atomic mass is 19.1. The molecule has 3 heterocycles. The lowest BCUT2D eigenvalue weighted by Gasteiger charge is -2.24. The van der Waals surface area contributed by atoms with Gasteiger partial charge in [-0.3, -0.25) is 9.38 Å². The van der Waals surface area contributed by atoms with Crippen molar-refractivity contribution in [1.29, 1.82) is 0 Å². The average molecular weight is 296 g/mol. The van der Waals surface area contributed by atoms with Crippen LogP contribution in [0.15, 0.2) is 42.7 Å². The number of rotatable bonds is 3. The highest BCUT2D eigenvalue weighted by Gasteiger charge is 2.20. The molecular formula is C17H17FN4. The van der Waals surface area contributed by atoms with Gasteiger partial charge in [0, 0.05) is 18.9 Å². The third-order valence-electron chi connectivity index (χ3n) is 4.22. The fraction of sp³-hybridized carbons (Fsp3) is 0.294. The van der Waals surface area contributed by atoms with Gasteiger partial charge in [0.05, 0.1) is 17.4 Å². The smallest absolute Gasteiger partial charge is 0.199 e. The van der Waals surface area contributed by atoms with Crippen molar-refractivity contribution in [2.24, 2.45) is 0 Å². The standard InChI is InChI=1S/C17H17FN4/c18-15-7-2-8-16-21-13(11-22(15)16)10-20-14-6-1-4-12-5-3-9-19-17(12)14/h2-3,5,7-9,11,14,20H,1,4,6,10H2/t14-/m0/s1. The Balaban J connectivity index is 1.54. The summed E-state index contributed by atoms with van der Waals surface area (Å²) < 4.78 is 15.2. The van der Waals surface area contributed by atoms with Crippen molar-refractivity contribution in [3.05, 3.63) is 65.6 Å². The van der Waals surface area contributed by atoms with Crippen molar-refractivity contribution in [2.75, 3.05) is 0 Å². The highest BCUT2D eigenvalue weighted by Crippen LogP contribution is 2.27. The second-order valence-corrected chi connectivity index (χ2v) is 5.68. The second kappa shape index (κ2) is 5.50. The maximum atomic E-state index is 13.7. The van der Waals surface area contributed by atoms with Gasteiger partial charge in [0.2, 0.25) is 0 Å². The Morgan fingerprint density at radius 2 is 2.23 bits per heavy atom. The van der Waals surface area contributed by atoms with Gasteiger partial charge in [0.1, 0.15) is 5.65 Å². The van der Waals surface area contributed by atoms with E-state index >= 15 is 0 Å². The molecule has 4 nitrogen and oxygen atoms in total. The predicted octanol–water partition coefficient (Wildman–Crippen LogP) is 3.04. The minimum atomic E-state index is -0.291. The lowest BCUT2D eigenvalue weighted by Crippen LogP contribution is -2.26. The highest BCUT2D eigenvalue weighted by molar-refractivity contribution is 5.39. The third kappa shape index (κ3) is 2.37. The number of aryl methyl sites for hydroxylation is 1. The molecule has 1 N–H and O–H groups in total. The van der Waals surface area contributed by atoms with Gasteiger partial charge in [-0.15, -0.1) is 0 Å². The summed E-state index contributed by atoms with van der Waals surface area (Å²) in [4.78, 5) is 8.98. The van der Waals surface area contributed by atoms with Gasteiger partial charge in [-0.25, -0.2) is 4.98 Å². The predicted molar refractivity (Wildman–Crippen MR) is 81.9 cm³/mol. The Bertz CT molecular complexity index is 811. The van der Waals surface area contributed by atoms with Gasteiger partial charge in [-0.1, -0.05) is 12.1 Å². The summed E-state index contributed by atoms with van der Waals surface area (Å²) in [5.41, 5.74) is 3.95. The summed E-state index contributed by atoms with van der Waals surface area (Å²) in [6, 6.07) is 9.32. The van der Waals surface area contributed by atoms with E-state index in [1.165, 1.54) is 16.0 Å². The van der Waals surface area contributed by atoms with E-state index in [1.807, 2.05) is 18.3 Å². The summed E-state index contributed by atoms with van der Waals surface area (Å²) in [5.74, 6) is -0.291. The molecule has 0 amide bonds. The molecular weight excluding hydrogens is 279 g/mol. The van der Waals surface area contributed by atoms with E-state index in [4.69, 9.17) is 0 Å². The van der Waals surface area contributed by atoms with Crippen LogP contribution in [-0.2, 0) is 13.0 Å². The molecule has 22 heavy (non-hydrogen) atoms. The largest absolute Gasteiger partial charge is 0.303 e. The molecule has 0 aliphatic heterocycles. The molecule has 0 saturated heterocycles. The molecule has 1 aliphatic rings. The number of halogens is 1. The first-order chi connectivity index (χ1) is 10.8. The lowest BCUT2D eigenvalue weighted by atomic mass is 9.92. The fourth-order valence-electron chi connectivity index (χ4n) is 3.15. The molecule has 5 heteroatoms. The summed E-state index contributed by atoms with van der Waals surface area (Å²) in [6.07, 6.45) is 6.93. The van der Waals surface area contributed by atoms with Crippen molar-refractivity contribution in [3.63, 3.8) is 0 Å². The first kappa shape index (κ1) is 13.4. The summed E-state index contributed by atoms with van der Waals surface area (Å²) in [7, 11) is 0. The molecule has 112 valence electrons. The van der Waals surface area contributed by atoms with Crippen LogP contribution in [0.1, 0.15) is 35.8 Å². The van der Waals surface area contributed by atoms with Crippen LogP contribution in [0.2, 0.25) is 0 Å². The summed E-state index contributed by atoms with van der Waals surface area (Å²) in [5, 5.41) is 3.51. The fourth-order valence-corrected chi connectivity index (χ4v) is 3.15. The normalized spacial score (nSPS) is 17.6. The number of fused-ring (bicyclic) bond motifs is 2. The topological polar surface area (TPSA) is 42.2 Å². The van der Waals surface area contributed by atoms with Crippen LogP contribution in [-0.4, -0.2) is 14.4 Å². The number of imidazole rings is 1. The Kier molecular flexibility index (Phi) is 3.35. The van der Waals surface area contributed by atoms with Crippen LogP contribution >= 0.6 is 0 Å². The molecule has 0 radical (unpaired) electrons. The van der Waals surface area contributed by atoms with Crippen molar-refractivity contribution < 1.29 is 4.39 Å². The van der Waals surface area contributed by atoms with E-state index in [2.05, 4.69) is 21.4 Å². The Morgan fingerprint density at radius 1 is 1.27 bits per heavy atom. The zero-order valence-electron chi connectivity index (χ0n) is 12.2. The van der Waals surface area contributed by atoms with E-state index < -0.39 is 0 Å². The number of hydrogen-bond acceptors (Lipinski definition) is 3. The zero-order valence-corrected chi connectivity index (χ0v) is 12.2. The van der Waals surface area contributed by atoms with Gasteiger partial charge in [-0.2, -0.15) is 4.39 Å². The van der Waals surface area contributed by atoms with E-state index in [-0.39, 0.29) is 12.0 Å². The van der Waals surface area contributed by atoms with Crippen LogP contribution in [0, 0.1) is 5.95 Å². The molecule has 0 bridgehead atoms. The number of hydrogen-bond donors (Lipinski definition) is 1. The number of aromatic nitrogens is 3. The van der Waals surface area contributed by atoms with Gasteiger partial charge in [-0.05, 0) is 43.0 Å². The summed E-state index contributed by atoms with van der Waals surface area (Å²) in [6.45, 7) is 0.613. The molecule has 1 aliphatic carbocycles. The molecule has 0 fully saturated rings.